The highest BCUT2D eigenvalue weighted by Gasteiger charge is 2.15. The summed E-state index contributed by atoms with van der Waals surface area (Å²) in [5, 5.41) is 11.7. The summed E-state index contributed by atoms with van der Waals surface area (Å²) in [6.45, 7) is 0.431. The molecule has 0 fully saturated rings. The molecular weight excluding hydrogens is 412 g/mol. The highest BCUT2D eigenvalue weighted by molar-refractivity contribution is 7.99. The summed E-state index contributed by atoms with van der Waals surface area (Å²) >= 11 is 2.64. The van der Waals surface area contributed by atoms with Crippen LogP contribution >= 0.6 is 23.1 Å². The number of thioether (sulfide) groups is 1. The van der Waals surface area contributed by atoms with E-state index in [4.69, 9.17) is 9.15 Å². The summed E-state index contributed by atoms with van der Waals surface area (Å²) in [6, 6.07) is 10.6. The number of aromatic nitrogens is 2. The van der Waals surface area contributed by atoms with Gasteiger partial charge in [0, 0.05) is 18.5 Å². The van der Waals surface area contributed by atoms with Gasteiger partial charge >= 0.3 is 0 Å². The highest BCUT2D eigenvalue weighted by atomic mass is 32.2. The van der Waals surface area contributed by atoms with Crippen molar-refractivity contribution in [3.05, 3.63) is 58.4 Å². The van der Waals surface area contributed by atoms with E-state index < -0.39 is 0 Å². The van der Waals surface area contributed by atoms with Gasteiger partial charge in [-0.05, 0) is 36.4 Å². The topological polar surface area (TPSA) is 97.6 Å². The van der Waals surface area contributed by atoms with Gasteiger partial charge in [-0.25, -0.2) is 0 Å². The molecule has 2 heterocycles. The lowest BCUT2D eigenvalue weighted by Gasteiger charge is -2.15. The average molecular weight is 433 g/mol. The van der Waals surface area contributed by atoms with Gasteiger partial charge in [-0.3, -0.25) is 9.59 Å². The number of methoxy groups -OCH3 is 1. The fraction of sp³-hybridized carbons (Fsp3) is 0.263. The van der Waals surface area contributed by atoms with Crippen molar-refractivity contribution in [1.82, 2.24) is 15.1 Å². The third-order valence-corrected chi connectivity index (χ3v) is 5.89. The van der Waals surface area contributed by atoms with E-state index in [1.165, 1.54) is 23.1 Å². The minimum absolute atomic E-state index is 0.00612. The van der Waals surface area contributed by atoms with E-state index in [1.54, 1.807) is 55.7 Å². The van der Waals surface area contributed by atoms with Crippen molar-refractivity contribution in [2.75, 3.05) is 25.2 Å². The molecule has 0 aliphatic rings. The Labute approximate surface area is 176 Å². The zero-order chi connectivity index (χ0) is 20.6. The molecule has 152 valence electrons. The summed E-state index contributed by atoms with van der Waals surface area (Å²) in [5.41, 5.74) is 0.645. The van der Waals surface area contributed by atoms with E-state index in [0.29, 0.717) is 34.5 Å². The molecule has 0 saturated carbocycles. The number of amides is 2. The smallest absolute Gasteiger partial charge is 0.286 e. The lowest BCUT2D eigenvalue weighted by molar-refractivity contribution is -0.127. The number of carbonyl (C=O) groups is 2. The van der Waals surface area contributed by atoms with Crippen molar-refractivity contribution < 1.29 is 18.7 Å². The van der Waals surface area contributed by atoms with E-state index in [2.05, 4.69) is 15.5 Å². The first-order chi connectivity index (χ1) is 14.0. The van der Waals surface area contributed by atoms with Crippen LogP contribution in [0.5, 0.6) is 5.75 Å². The van der Waals surface area contributed by atoms with E-state index in [9.17, 15) is 9.59 Å². The normalized spacial score (nSPS) is 10.6. The van der Waals surface area contributed by atoms with Gasteiger partial charge in [0.1, 0.15) is 16.5 Å². The first kappa shape index (κ1) is 20.9. The lowest BCUT2D eigenvalue weighted by Crippen LogP contribution is -2.27. The van der Waals surface area contributed by atoms with Gasteiger partial charge in [-0.15, -0.1) is 22.0 Å². The Morgan fingerprint density at radius 3 is 2.72 bits per heavy atom. The van der Waals surface area contributed by atoms with Crippen LogP contribution in [0.25, 0.3) is 0 Å². The predicted molar refractivity (Wildman–Crippen MR) is 112 cm³/mol. The second-order valence-corrected chi connectivity index (χ2v) is 8.05. The number of anilines is 1. The molecule has 1 aromatic carbocycles. The second kappa shape index (κ2) is 10.1. The van der Waals surface area contributed by atoms with Crippen LogP contribution in [0, 0.1) is 0 Å². The Hall–Kier alpha value is -2.85. The Bertz CT molecular complexity index is 942. The van der Waals surface area contributed by atoms with Crippen LogP contribution in [0.3, 0.4) is 0 Å². The summed E-state index contributed by atoms with van der Waals surface area (Å²) < 4.78 is 10.3. The number of ether oxygens (including phenoxy) is 1. The minimum atomic E-state index is -0.321. The molecule has 10 heteroatoms. The molecule has 3 rings (SSSR count). The molecule has 2 amide bonds. The van der Waals surface area contributed by atoms with Crippen molar-refractivity contribution in [2.45, 2.75) is 12.3 Å². The monoisotopic (exact) mass is 432 g/mol. The van der Waals surface area contributed by atoms with Crippen molar-refractivity contribution >= 4 is 40.6 Å². The Kier molecular flexibility index (Phi) is 7.25. The van der Waals surface area contributed by atoms with E-state index >= 15 is 0 Å². The number of nitrogens with zero attached hydrogens (tertiary/aromatic N) is 3. The lowest BCUT2D eigenvalue weighted by atomic mass is 10.3. The summed E-state index contributed by atoms with van der Waals surface area (Å²) in [7, 11) is 3.32. The fourth-order valence-corrected chi connectivity index (χ4v) is 4.07. The largest absolute Gasteiger partial charge is 0.497 e. The van der Waals surface area contributed by atoms with Gasteiger partial charge in [-0.2, -0.15) is 0 Å². The van der Waals surface area contributed by atoms with Gasteiger partial charge in [0.25, 0.3) is 5.91 Å². The molecule has 0 radical (unpaired) electrons. The Morgan fingerprint density at radius 1 is 1.24 bits per heavy atom. The maximum Gasteiger partial charge on any atom is 0.286 e. The molecule has 29 heavy (non-hydrogen) atoms. The first-order valence-electron chi connectivity index (χ1n) is 8.67. The average Bonchev–Trinajstić information content (AvgIpc) is 3.40. The molecule has 0 saturated heterocycles. The van der Waals surface area contributed by atoms with Crippen molar-refractivity contribution in [3.8, 4) is 5.75 Å². The molecule has 2 aromatic heterocycles. The SMILES string of the molecule is COc1ccc(NC(=O)c2nnc(CSCC(=O)N(C)Cc3ccco3)s2)cc1. The third kappa shape index (κ3) is 6.06. The number of carbonyl (C=O) groups excluding carboxylic acids is 2. The van der Waals surface area contributed by atoms with Gasteiger partial charge in [0.2, 0.25) is 10.9 Å². The van der Waals surface area contributed by atoms with Gasteiger partial charge in [0.15, 0.2) is 0 Å². The molecule has 3 aromatic rings. The molecule has 0 bridgehead atoms. The summed E-state index contributed by atoms with van der Waals surface area (Å²) in [5.74, 6) is 1.94. The molecule has 1 N–H and O–H groups in total. The third-order valence-electron chi connectivity index (χ3n) is 3.86. The van der Waals surface area contributed by atoms with Crippen LogP contribution in [-0.2, 0) is 17.1 Å². The molecule has 0 atom stereocenters. The molecule has 0 unspecified atom stereocenters. The standard InChI is InChI=1S/C19H20N4O4S2/c1-23(10-15-4-3-9-27-15)17(24)12-28-11-16-21-22-19(29-16)18(25)20-13-5-7-14(26-2)8-6-13/h3-9H,10-12H2,1-2H3,(H,20,25). The maximum atomic E-state index is 12.3. The minimum Gasteiger partial charge on any atom is -0.497 e. The van der Waals surface area contributed by atoms with Gasteiger partial charge in [0.05, 0.1) is 25.7 Å². The quantitative estimate of drug-likeness (QED) is 0.554. The van der Waals surface area contributed by atoms with Crippen molar-refractivity contribution in [1.29, 1.82) is 0 Å². The van der Waals surface area contributed by atoms with Crippen molar-refractivity contribution in [2.24, 2.45) is 0 Å². The van der Waals surface area contributed by atoms with Crippen LogP contribution in [0.1, 0.15) is 20.6 Å². The fourth-order valence-electron chi connectivity index (χ4n) is 2.32. The number of nitrogens with one attached hydrogen (secondary N) is 1. The number of hydrogen-bond acceptors (Lipinski definition) is 8. The molecular formula is C19H20N4O4S2. The van der Waals surface area contributed by atoms with Crippen LogP contribution in [0.4, 0.5) is 5.69 Å². The van der Waals surface area contributed by atoms with Crippen LogP contribution in [0.2, 0.25) is 0 Å². The number of rotatable bonds is 9. The van der Waals surface area contributed by atoms with Gasteiger partial charge in [-0.1, -0.05) is 11.3 Å². The first-order valence-corrected chi connectivity index (χ1v) is 10.6. The van der Waals surface area contributed by atoms with E-state index in [0.717, 1.165) is 5.76 Å². The van der Waals surface area contributed by atoms with Crippen molar-refractivity contribution in [3.63, 3.8) is 0 Å². The molecule has 0 spiro atoms. The number of benzene rings is 1. The number of furan rings is 1. The Balaban J connectivity index is 1.44. The van der Waals surface area contributed by atoms with Crippen LogP contribution in [0.15, 0.2) is 47.1 Å². The molecule has 8 nitrogen and oxygen atoms in total. The highest BCUT2D eigenvalue weighted by Crippen LogP contribution is 2.20. The zero-order valence-electron chi connectivity index (χ0n) is 16.0. The summed E-state index contributed by atoms with van der Waals surface area (Å²) in [4.78, 5) is 26.1. The second-order valence-electron chi connectivity index (χ2n) is 6.01. The predicted octanol–water partition coefficient (Wildman–Crippen LogP) is 3.28. The van der Waals surface area contributed by atoms with Crippen LogP contribution in [-0.4, -0.2) is 46.8 Å². The summed E-state index contributed by atoms with van der Waals surface area (Å²) in [6.07, 6.45) is 1.58. The van der Waals surface area contributed by atoms with E-state index in [-0.39, 0.29) is 16.8 Å². The van der Waals surface area contributed by atoms with Gasteiger partial charge < -0.3 is 19.4 Å². The molecule has 0 aliphatic heterocycles. The number of hydrogen-bond donors (Lipinski definition) is 1. The van der Waals surface area contributed by atoms with E-state index in [1.807, 2.05) is 6.07 Å². The zero-order valence-corrected chi connectivity index (χ0v) is 17.6. The maximum absolute atomic E-state index is 12.3. The molecule has 0 aliphatic carbocycles. The van der Waals surface area contributed by atoms with Crippen LogP contribution < -0.4 is 10.1 Å². The Morgan fingerprint density at radius 2 is 2.03 bits per heavy atom.